The lowest BCUT2D eigenvalue weighted by Gasteiger charge is -2.24. The van der Waals surface area contributed by atoms with Gasteiger partial charge in [-0.15, -0.1) is 0 Å². The van der Waals surface area contributed by atoms with Crippen LogP contribution in [0.5, 0.6) is 0 Å². The lowest BCUT2D eigenvalue weighted by atomic mass is 10.2. The Morgan fingerprint density at radius 3 is 2.38 bits per heavy atom. The van der Waals surface area contributed by atoms with Crippen molar-refractivity contribution in [3.05, 3.63) is 84.0 Å². The number of benzene rings is 1. The SMILES string of the molecule is O[C@@H](COCc1ccco1)CN(Cc1ccco1)Cc1ccccc1F. The summed E-state index contributed by atoms with van der Waals surface area (Å²) in [5.41, 5.74) is 0.572. The number of ether oxygens (including phenoxy) is 1. The molecule has 1 atom stereocenters. The Bertz CT molecular complexity index is 758. The number of hydrogen-bond acceptors (Lipinski definition) is 5. The van der Waals surface area contributed by atoms with Gasteiger partial charge in [0.2, 0.25) is 0 Å². The molecule has 3 aromatic rings. The predicted molar refractivity (Wildman–Crippen MR) is 93.6 cm³/mol. The van der Waals surface area contributed by atoms with Crippen LogP contribution in [0.1, 0.15) is 17.1 Å². The van der Waals surface area contributed by atoms with E-state index in [2.05, 4.69) is 0 Å². The van der Waals surface area contributed by atoms with Gasteiger partial charge >= 0.3 is 0 Å². The van der Waals surface area contributed by atoms with E-state index in [1.165, 1.54) is 6.07 Å². The van der Waals surface area contributed by atoms with E-state index in [0.29, 0.717) is 37.6 Å². The second kappa shape index (κ2) is 9.33. The summed E-state index contributed by atoms with van der Waals surface area (Å²) in [5.74, 6) is 1.20. The Labute approximate surface area is 151 Å². The van der Waals surface area contributed by atoms with Crippen LogP contribution in [0.4, 0.5) is 4.39 Å². The second-order valence-corrected chi connectivity index (χ2v) is 6.09. The Morgan fingerprint density at radius 1 is 0.962 bits per heavy atom. The Kier molecular flexibility index (Phi) is 6.60. The third-order valence-corrected chi connectivity index (χ3v) is 3.91. The normalized spacial score (nSPS) is 12.6. The number of aliphatic hydroxyl groups is 1. The molecule has 0 aliphatic carbocycles. The highest BCUT2D eigenvalue weighted by molar-refractivity contribution is 5.17. The molecule has 3 rings (SSSR count). The van der Waals surface area contributed by atoms with Crippen molar-refractivity contribution in [3.8, 4) is 0 Å². The molecule has 2 heterocycles. The van der Waals surface area contributed by atoms with Crippen LogP contribution in [0, 0.1) is 5.82 Å². The van der Waals surface area contributed by atoms with Crippen LogP contribution in [-0.2, 0) is 24.4 Å². The molecule has 0 aliphatic heterocycles. The molecule has 1 N–H and O–H groups in total. The highest BCUT2D eigenvalue weighted by atomic mass is 19.1. The summed E-state index contributed by atoms with van der Waals surface area (Å²) in [6.07, 6.45) is 2.46. The molecular formula is C20H22FNO4. The van der Waals surface area contributed by atoms with Gasteiger partial charge in [0, 0.05) is 18.7 Å². The molecule has 2 aromatic heterocycles. The van der Waals surface area contributed by atoms with E-state index >= 15 is 0 Å². The van der Waals surface area contributed by atoms with Gasteiger partial charge in [0.25, 0.3) is 0 Å². The van der Waals surface area contributed by atoms with E-state index in [1.54, 1.807) is 42.9 Å². The average molecular weight is 359 g/mol. The monoisotopic (exact) mass is 359 g/mol. The number of halogens is 1. The smallest absolute Gasteiger partial charge is 0.129 e. The third kappa shape index (κ3) is 5.56. The maximum Gasteiger partial charge on any atom is 0.129 e. The van der Waals surface area contributed by atoms with E-state index in [1.807, 2.05) is 17.0 Å². The average Bonchev–Trinajstić information content (AvgIpc) is 3.31. The lowest BCUT2D eigenvalue weighted by Crippen LogP contribution is -2.34. The molecular weight excluding hydrogens is 337 g/mol. The molecule has 0 unspecified atom stereocenters. The molecule has 0 amide bonds. The van der Waals surface area contributed by atoms with Gasteiger partial charge in [0.15, 0.2) is 0 Å². The van der Waals surface area contributed by atoms with Gasteiger partial charge in [0.05, 0.1) is 31.8 Å². The molecule has 1 aromatic carbocycles. The molecule has 6 heteroatoms. The topological polar surface area (TPSA) is 59.0 Å². The molecule has 0 bridgehead atoms. The van der Waals surface area contributed by atoms with Gasteiger partial charge in [0.1, 0.15) is 23.9 Å². The molecule has 0 saturated heterocycles. The van der Waals surface area contributed by atoms with Crippen molar-refractivity contribution in [1.29, 1.82) is 0 Å². The molecule has 0 saturated carbocycles. The quantitative estimate of drug-likeness (QED) is 0.599. The Hall–Kier alpha value is -2.41. The summed E-state index contributed by atoms with van der Waals surface area (Å²) in [6.45, 7) is 1.62. The molecule has 0 aliphatic rings. The number of hydrogen-bond donors (Lipinski definition) is 1. The molecule has 138 valence electrons. The summed E-state index contributed by atoms with van der Waals surface area (Å²) in [6, 6.07) is 13.9. The van der Waals surface area contributed by atoms with Gasteiger partial charge < -0.3 is 18.7 Å². The number of aliphatic hydroxyl groups excluding tert-OH is 1. The van der Waals surface area contributed by atoms with Crippen molar-refractivity contribution in [2.75, 3.05) is 13.2 Å². The van der Waals surface area contributed by atoms with Crippen LogP contribution in [0.25, 0.3) is 0 Å². The first-order valence-electron chi connectivity index (χ1n) is 8.47. The van der Waals surface area contributed by atoms with Gasteiger partial charge in [-0.05, 0) is 30.3 Å². The molecule has 0 fully saturated rings. The Balaban J connectivity index is 1.56. The summed E-state index contributed by atoms with van der Waals surface area (Å²) in [7, 11) is 0. The van der Waals surface area contributed by atoms with Crippen LogP contribution >= 0.6 is 0 Å². The van der Waals surface area contributed by atoms with E-state index in [4.69, 9.17) is 13.6 Å². The van der Waals surface area contributed by atoms with Crippen molar-refractivity contribution in [3.63, 3.8) is 0 Å². The highest BCUT2D eigenvalue weighted by Gasteiger charge is 2.16. The minimum Gasteiger partial charge on any atom is -0.468 e. The first-order chi connectivity index (χ1) is 12.7. The zero-order valence-electron chi connectivity index (χ0n) is 14.4. The largest absolute Gasteiger partial charge is 0.468 e. The predicted octanol–water partition coefficient (Wildman–Crippen LogP) is 3.59. The summed E-state index contributed by atoms with van der Waals surface area (Å²) in [5, 5.41) is 10.3. The molecule has 0 radical (unpaired) electrons. The van der Waals surface area contributed by atoms with Crippen LogP contribution in [0.3, 0.4) is 0 Å². The summed E-state index contributed by atoms with van der Waals surface area (Å²) >= 11 is 0. The van der Waals surface area contributed by atoms with E-state index in [9.17, 15) is 9.50 Å². The van der Waals surface area contributed by atoms with Crippen molar-refractivity contribution in [2.24, 2.45) is 0 Å². The first kappa shape index (κ1) is 18.4. The number of rotatable bonds is 10. The highest BCUT2D eigenvalue weighted by Crippen LogP contribution is 2.14. The summed E-state index contributed by atoms with van der Waals surface area (Å²) < 4.78 is 30.0. The van der Waals surface area contributed by atoms with Gasteiger partial charge in [-0.25, -0.2) is 4.39 Å². The van der Waals surface area contributed by atoms with Crippen molar-refractivity contribution < 1.29 is 23.1 Å². The minimum absolute atomic E-state index is 0.159. The molecule has 0 spiro atoms. The van der Waals surface area contributed by atoms with Crippen molar-refractivity contribution in [1.82, 2.24) is 4.90 Å². The van der Waals surface area contributed by atoms with E-state index in [0.717, 1.165) is 5.76 Å². The summed E-state index contributed by atoms with van der Waals surface area (Å²) in [4.78, 5) is 1.93. The third-order valence-electron chi connectivity index (χ3n) is 3.91. The van der Waals surface area contributed by atoms with Crippen LogP contribution in [-0.4, -0.2) is 29.3 Å². The fourth-order valence-electron chi connectivity index (χ4n) is 2.72. The van der Waals surface area contributed by atoms with E-state index in [-0.39, 0.29) is 12.4 Å². The minimum atomic E-state index is -0.716. The second-order valence-electron chi connectivity index (χ2n) is 6.09. The molecule has 26 heavy (non-hydrogen) atoms. The lowest BCUT2D eigenvalue weighted by molar-refractivity contribution is 0.00147. The van der Waals surface area contributed by atoms with E-state index < -0.39 is 6.10 Å². The zero-order chi connectivity index (χ0) is 18.2. The fraction of sp³-hybridized carbons (Fsp3) is 0.300. The number of nitrogens with zero attached hydrogens (tertiary/aromatic N) is 1. The van der Waals surface area contributed by atoms with Gasteiger partial charge in [-0.1, -0.05) is 18.2 Å². The fourth-order valence-corrected chi connectivity index (χ4v) is 2.72. The van der Waals surface area contributed by atoms with Gasteiger partial charge in [-0.2, -0.15) is 0 Å². The Morgan fingerprint density at radius 2 is 1.69 bits per heavy atom. The maximum absolute atomic E-state index is 14.0. The maximum atomic E-state index is 14.0. The van der Waals surface area contributed by atoms with Crippen LogP contribution < -0.4 is 0 Å². The van der Waals surface area contributed by atoms with Crippen LogP contribution in [0.15, 0.2) is 69.9 Å². The number of furan rings is 2. The first-order valence-corrected chi connectivity index (χ1v) is 8.47. The van der Waals surface area contributed by atoms with Gasteiger partial charge in [-0.3, -0.25) is 4.90 Å². The standard InChI is InChI=1S/C20H22FNO4/c21-20-8-2-1-5-16(20)11-22(13-18-6-3-9-25-18)12-17(23)14-24-15-19-7-4-10-26-19/h1-10,17,23H,11-15H2/t17-/m1/s1. The molecule has 5 nitrogen and oxygen atoms in total. The van der Waals surface area contributed by atoms with Crippen molar-refractivity contribution in [2.45, 2.75) is 25.8 Å². The zero-order valence-corrected chi connectivity index (χ0v) is 14.4. The van der Waals surface area contributed by atoms with Crippen molar-refractivity contribution >= 4 is 0 Å². The van der Waals surface area contributed by atoms with Crippen LogP contribution in [0.2, 0.25) is 0 Å².